The van der Waals surface area contributed by atoms with Crippen LogP contribution >= 0.6 is 0 Å². The summed E-state index contributed by atoms with van der Waals surface area (Å²) in [5, 5.41) is 0. The largest absolute Gasteiger partial charge is 0.296 e. The van der Waals surface area contributed by atoms with Crippen LogP contribution in [0.25, 0.3) is 0 Å². The standard InChI is InChI=1S/C12H19N3O2S.C2H6/c1-11-3-4-12(9-13-11)10-14-5-7-15(8-6-14)18(2,16)17;1-2/h3-4,9H,5-8,10H2,1-2H3;1-2H3. The Balaban J connectivity index is 0.000000956. The van der Waals surface area contributed by atoms with Crippen molar-refractivity contribution in [1.82, 2.24) is 14.2 Å². The van der Waals surface area contributed by atoms with Crippen LogP contribution in [-0.4, -0.2) is 55.0 Å². The molecule has 0 aliphatic carbocycles. The molecule has 0 bridgehead atoms. The van der Waals surface area contributed by atoms with Gasteiger partial charge in [0, 0.05) is 44.6 Å². The van der Waals surface area contributed by atoms with Gasteiger partial charge in [-0.3, -0.25) is 9.88 Å². The number of aromatic nitrogens is 1. The molecule has 1 saturated heterocycles. The smallest absolute Gasteiger partial charge is 0.211 e. The molecule has 20 heavy (non-hydrogen) atoms. The lowest BCUT2D eigenvalue weighted by atomic mass is 10.2. The minimum atomic E-state index is -3.03. The van der Waals surface area contributed by atoms with Gasteiger partial charge in [0.2, 0.25) is 10.0 Å². The predicted octanol–water partition coefficient (Wildman–Crippen LogP) is 1.49. The molecule has 0 aromatic carbocycles. The van der Waals surface area contributed by atoms with E-state index < -0.39 is 10.0 Å². The maximum absolute atomic E-state index is 11.4. The third-order valence-corrected chi connectivity index (χ3v) is 4.48. The number of hydrogen-bond acceptors (Lipinski definition) is 4. The first-order valence-electron chi connectivity index (χ1n) is 7.04. The average Bonchev–Trinajstić information content (AvgIpc) is 2.43. The first kappa shape index (κ1) is 17.1. The van der Waals surface area contributed by atoms with Gasteiger partial charge < -0.3 is 0 Å². The predicted molar refractivity (Wildman–Crippen MR) is 82.0 cm³/mol. The fraction of sp³-hybridized carbons (Fsp3) is 0.643. The van der Waals surface area contributed by atoms with Gasteiger partial charge in [-0.15, -0.1) is 0 Å². The highest BCUT2D eigenvalue weighted by molar-refractivity contribution is 7.88. The second-order valence-electron chi connectivity index (χ2n) is 4.75. The molecule has 1 aliphatic rings. The molecule has 0 saturated carbocycles. The monoisotopic (exact) mass is 299 g/mol. The van der Waals surface area contributed by atoms with Crippen LogP contribution in [0.5, 0.6) is 0 Å². The summed E-state index contributed by atoms with van der Waals surface area (Å²) in [5.74, 6) is 0. The summed E-state index contributed by atoms with van der Waals surface area (Å²) in [7, 11) is -3.03. The van der Waals surface area contributed by atoms with Crippen molar-refractivity contribution < 1.29 is 8.42 Å². The molecule has 0 unspecified atom stereocenters. The van der Waals surface area contributed by atoms with Gasteiger partial charge in [-0.05, 0) is 18.6 Å². The highest BCUT2D eigenvalue weighted by Gasteiger charge is 2.23. The van der Waals surface area contributed by atoms with Crippen LogP contribution in [0.4, 0.5) is 0 Å². The first-order chi connectivity index (χ1) is 9.45. The Morgan fingerprint density at radius 2 is 1.75 bits per heavy atom. The minimum Gasteiger partial charge on any atom is -0.296 e. The zero-order valence-corrected chi connectivity index (χ0v) is 13.7. The summed E-state index contributed by atoms with van der Waals surface area (Å²) in [6.45, 7) is 9.53. The Morgan fingerprint density at radius 1 is 1.15 bits per heavy atom. The topological polar surface area (TPSA) is 53.5 Å². The zero-order valence-electron chi connectivity index (χ0n) is 12.8. The SMILES string of the molecule is CC.Cc1ccc(CN2CCN(S(C)(=O)=O)CC2)cn1. The van der Waals surface area contributed by atoms with E-state index in [9.17, 15) is 8.42 Å². The maximum Gasteiger partial charge on any atom is 0.211 e. The van der Waals surface area contributed by atoms with Crippen molar-refractivity contribution in [3.05, 3.63) is 29.6 Å². The number of nitrogens with zero attached hydrogens (tertiary/aromatic N) is 3. The van der Waals surface area contributed by atoms with Crippen molar-refractivity contribution in [3.8, 4) is 0 Å². The summed E-state index contributed by atoms with van der Waals surface area (Å²) in [6.07, 6.45) is 3.16. The molecule has 2 heterocycles. The fourth-order valence-electron chi connectivity index (χ4n) is 2.07. The maximum atomic E-state index is 11.4. The number of sulfonamides is 1. The summed E-state index contributed by atoms with van der Waals surface area (Å²) < 4.78 is 24.3. The minimum absolute atomic E-state index is 0.581. The van der Waals surface area contributed by atoms with Crippen LogP contribution in [-0.2, 0) is 16.6 Å². The number of rotatable bonds is 3. The summed E-state index contributed by atoms with van der Waals surface area (Å²) in [5.41, 5.74) is 2.19. The van der Waals surface area contributed by atoms with Gasteiger partial charge in [0.25, 0.3) is 0 Å². The van der Waals surface area contributed by atoms with E-state index in [1.54, 1.807) is 0 Å². The molecule has 1 fully saturated rings. The van der Waals surface area contributed by atoms with Crippen LogP contribution < -0.4 is 0 Å². The lowest BCUT2D eigenvalue weighted by molar-refractivity contribution is 0.182. The van der Waals surface area contributed by atoms with Gasteiger partial charge in [0.05, 0.1) is 6.26 Å². The lowest BCUT2D eigenvalue weighted by Gasteiger charge is -2.33. The lowest BCUT2D eigenvalue weighted by Crippen LogP contribution is -2.47. The Labute approximate surface area is 122 Å². The van der Waals surface area contributed by atoms with E-state index in [1.165, 1.54) is 16.1 Å². The van der Waals surface area contributed by atoms with E-state index in [1.807, 2.05) is 33.0 Å². The van der Waals surface area contributed by atoms with E-state index in [4.69, 9.17) is 0 Å². The Hall–Kier alpha value is -0.980. The molecule has 0 amide bonds. The molecule has 0 radical (unpaired) electrons. The van der Waals surface area contributed by atoms with Crippen molar-refractivity contribution in [2.24, 2.45) is 0 Å². The Bertz CT molecular complexity index is 492. The van der Waals surface area contributed by atoms with E-state index in [2.05, 4.69) is 16.0 Å². The van der Waals surface area contributed by atoms with Crippen LogP contribution in [0.15, 0.2) is 18.3 Å². The zero-order chi connectivity index (χ0) is 15.2. The van der Waals surface area contributed by atoms with Crippen LogP contribution in [0.1, 0.15) is 25.1 Å². The highest BCUT2D eigenvalue weighted by atomic mass is 32.2. The van der Waals surface area contributed by atoms with Crippen LogP contribution in [0.3, 0.4) is 0 Å². The molecule has 1 aliphatic heterocycles. The summed E-state index contributed by atoms with van der Waals surface area (Å²) in [4.78, 5) is 6.52. The number of pyridine rings is 1. The van der Waals surface area contributed by atoms with E-state index >= 15 is 0 Å². The molecule has 1 aromatic rings. The van der Waals surface area contributed by atoms with Gasteiger partial charge in [-0.2, -0.15) is 4.31 Å². The van der Waals surface area contributed by atoms with Crippen molar-refractivity contribution in [2.75, 3.05) is 32.4 Å². The number of aryl methyl sites for hydroxylation is 1. The fourth-order valence-corrected chi connectivity index (χ4v) is 2.90. The second kappa shape index (κ2) is 7.71. The third-order valence-electron chi connectivity index (χ3n) is 3.18. The van der Waals surface area contributed by atoms with Gasteiger partial charge in [-0.25, -0.2) is 8.42 Å². The molecule has 0 spiro atoms. The average molecular weight is 299 g/mol. The van der Waals surface area contributed by atoms with Crippen molar-refractivity contribution in [3.63, 3.8) is 0 Å². The molecule has 5 nitrogen and oxygen atoms in total. The van der Waals surface area contributed by atoms with Gasteiger partial charge in [0.1, 0.15) is 0 Å². The van der Waals surface area contributed by atoms with Crippen molar-refractivity contribution in [1.29, 1.82) is 0 Å². The van der Waals surface area contributed by atoms with Crippen molar-refractivity contribution in [2.45, 2.75) is 27.3 Å². The van der Waals surface area contributed by atoms with Crippen molar-refractivity contribution >= 4 is 10.0 Å². The quantitative estimate of drug-likeness (QED) is 0.848. The van der Waals surface area contributed by atoms with Gasteiger partial charge in [-0.1, -0.05) is 19.9 Å². The van der Waals surface area contributed by atoms with E-state index in [0.29, 0.717) is 13.1 Å². The third kappa shape index (κ3) is 5.19. The first-order valence-corrected chi connectivity index (χ1v) is 8.89. The molecule has 0 N–H and O–H groups in total. The highest BCUT2D eigenvalue weighted by Crippen LogP contribution is 2.10. The van der Waals surface area contributed by atoms with Crippen LogP contribution in [0.2, 0.25) is 0 Å². The molecule has 2 rings (SSSR count). The Morgan fingerprint density at radius 3 is 2.20 bits per heavy atom. The normalized spacial score (nSPS) is 17.4. The molecule has 1 aromatic heterocycles. The van der Waals surface area contributed by atoms with E-state index in [-0.39, 0.29) is 0 Å². The Kier molecular flexibility index (Phi) is 6.58. The molecular weight excluding hydrogens is 274 g/mol. The second-order valence-corrected chi connectivity index (χ2v) is 6.73. The number of hydrogen-bond donors (Lipinski definition) is 0. The van der Waals surface area contributed by atoms with Gasteiger partial charge in [0.15, 0.2) is 0 Å². The number of piperazine rings is 1. The summed E-state index contributed by atoms with van der Waals surface area (Å²) >= 11 is 0. The molecule has 0 atom stereocenters. The van der Waals surface area contributed by atoms with E-state index in [0.717, 1.165) is 25.3 Å². The molecule has 6 heteroatoms. The summed E-state index contributed by atoms with van der Waals surface area (Å²) in [6, 6.07) is 4.08. The molecular formula is C14H25N3O2S. The molecule has 114 valence electrons. The van der Waals surface area contributed by atoms with Gasteiger partial charge >= 0.3 is 0 Å². The van der Waals surface area contributed by atoms with Crippen LogP contribution in [0, 0.1) is 6.92 Å².